The SMILES string of the molecule is Cc1ccccc1OCc1c(Cl)c(C)nn1C. The van der Waals surface area contributed by atoms with Gasteiger partial charge in [-0.2, -0.15) is 5.10 Å². The largest absolute Gasteiger partial charge is 0.487 e. The molecule has 2 rings (SSSR count). The molecule has 1 heterocycles. The number of halogens is 1. The van der Waals surface area contributed by atoms with Crippen molar-refractivity contribution in [3.05, 3.63) is 46.2 Å². The molecule has 90 valence electrons. The van der Waals surface area contributed by atoms with Crippen molar-refractivity contribution in [1.29, 1.82) is 0 Å². The first-order valence-electron chi connectivity index (χ1n) is 5.46. The van der Waals surface area contributed by atoms with Crippen LogP contribution < -0.4 is 4.74 Å². The standard InChI is InChI=1S/C13H15ClN2O/c1-9-6-4-5-7-12(9)17-8-11-13(14)10(2)15-16(11)3/h4-7H,8H2,1-3H3. The maximum atomic E-state index is 6.16. The summed E-state index contributed by atoms with van der Waals surface area (Å²) >= 11 is 6.16. The summed E-state index contributed by atoms with van der Waals surface area (Å²) in [6.07, 6.45) is 0. The van der Waals surface area contributed by atoms with Gasteiger partial charge in [-0.05, 0) is 25.5 Å². The fraction of sp³-hybridized carbons (Fsp3) is 0.308. The van der Waals surface area contributed by atoms with E-state index in [4.69, 9.17) is 16.3 Å². The highest BCUT2D eigenvalue weighted by atomic mass is 35.5. The first kappa shape index (κ1) is 12.0. The number of benzene rings is 1. The molecular formula is C13H15ClN2O. The van der Waals surface area contributed by atoms with Crippen LogP contribution in [0.4, 0.5) is 0 Å². The molecule has 0 N–H and O–H groups in total. The molecule has 0 spiro atoms. The molecule has 0 atom stereocenters. The van der Waals surface area contributed by atoms with E-state index in [9.17, 15) is 0 Å². The number of hydrogen-bond acceptors (Lipinski definition) is 2. The second-order valence-electron chi connectivity index (χ2n) is 4.02. The van der Waals surface area contributed by atoms with E-state index in [0.717, 1.165) is 22.7 Å². The molecule has 0 unspecified atom stereocenters. The van der Waals surface area contributed by atoms with Gasteiger partial charge >= 0.3 is 0 Å². The minimum absolute atomic E-state index is 0.432. The second-order valence-corrected chi connectivity index (χ2v) is 4.40. The van der Waals surface area contributed by atoms with E-state index in [1.165, 1.54) is 0 Å². The van der Waals surface area contributed by atoms with Gasteiger partial charge in [-0.25, -0.2) is 0 Å². The van der Waals surface area contributed by atoms with Gasteiger partial charge in [0.25, 0.3) is 0 Å². The van der Waals surface area contributed by atoms with Crippen LogP contribution >= 0.6 is 11.6 Å². The van der Waals surface area contributed by atoms with Gasteiger partial charge in [0.1, 0.15) is 12.4 Å². The molecule has 0 radical (unpaired) electrons. The molecule has 0 aliphatic rings. The third-order valence-corrected chi connectivity index (χ3v) is 3.21. The van der Waals surface area contributed by atoms with Crippen LogP contribution in [0.25, 0.3) is 0 Å². The van der Waals surface area contributed by atoms with Crippen molar-refractivity contribution in [2.75, 3.05) is 0 Å². The molecular weight excluding hydrogens is 236 g/mol. The van der Waals surface area contributed by atoms with Crippen LogP contribution in [-0.4, -0.2) is 9.78 Å². The van der Waals surface area contributed by atoms with Gasteiger partial charge in [-0.15, -0.1) is 0 Å². The predicted octanol–water partition coefficient (Wildman–Crippen LogP) is 3.27. The van der Waals surface area contributed by atoms with E-state index < -0.39 is 0 Å². The topological polar surface area (TPSA) is 27.1 Å². The van der Waals surface area contributed by atoms with Crippen LogP contribution in [0.1, 0.15) is 17.0 Å². The Morgan fingerprint density at radius 1 is 1.29 bits per heavy atom. The van der Waals surface area contributed by atoms with Crippen molar-refractivity contribution >= 4 is 11.6 Å². The average molecular weight is 251 g/mol. The van der Waals surface area contributed by atoms with Crippen LogP contribution in [0.3, 0.4) is 0 Å². The summed E-state index contributed by atoms with van der Waals surface area (Å²) in [4.78, 5) is 0. The summed E-state index contributed by atoms with van der Waals surface area (Å²) < 4.78 is 7.51. The van der Waals surface area contributed by atoms with Crippen molar-refractivity contribution < 1.29 is 4.74 Å². The Morgan fingerprint density at radius 3 is 2.59 bits per heavy atom. The lowest BCUT2D eigenvalue weighted by molar-refractivity contribution is 0.293. The van der Waals surface area contributed by atoms with Gasteiger partial charge in [-0.3, -0.25) is 4.68 Å². The smallest absolute Gasteiger partial charge is 0.131 e. The highest BCUT2D eigenvalue weighted by Gasteiger charge is 2.11. The monoisotopic (exact) mass is 250 g/mol. The van der Waals surface area contributed by atoms with Crippen molar-refractivity contribution in [2.45, 2.75) is 20.5 Å². The minimum Gasteiger partial charge on any atom is -0.487 e. The number of hydrogen-bond donors (Lipinski definition) is 0. The van der Waals surface area contributed by atoms with Gasteiger partial charge < -0.3 is 4.74 Å². The normalized spacial score (nSPS) is 10.6. The van der Waals surface area contributed by atoms with Gasteiger partial charge in [0, 0.05) is 7.05 Å². The number of rotatable bonds is 3. The number of ether oxygens (including phenoxy) is 1. The third kappa shape index (κ3) is 2.44. The van der Waals surface area contributed by atoms with Crippen LogP contribution in [0.15, 0.2) is 24.3 Å². The summed E-state index contributed by atoms with van der Waals surface area (Å²) in [5.74, 6) is 0.877. The molecule has 0 saturated heterocycles. The zero-order chi connectivity index (χ0) is 12.4. The molecule has 0 fully saturated rings. The Hall–Kier alpha value is -1.48. The molecule has 0 bridgehead atoms. The highest BCUT2D eigenvalue weighted by molar-refractivity contribution is 6.31. The van der Waals surface area contributed by atoms with Crippen LogP contribution in [0.5, 0.6) is 5.75 Å². The van der Waals surface area contributed by atoms with Crippen LogP contribution in [0.2, 0.25) is 5.02 Å². The lowest BCUT2D eigenvalue weighted by atomic mass is 10.2. The Kier molecular flexibility index (Phi) is 3.38. The van der Waals surface area contributed by atoms with Crippen molar-refractivity contribution in [1.82, 2.24) is 9.78 Å². The van der Waals surface area contributed by atoms with Crippen molar-refractivity contribution in [3.8, 4) is 5.75 Å². The second kappa shape index (κ2) is 4.80. The Labute approximate surface area is 106 Å². The number of nitrogens with zero attached hydrogens (tertiary/aromatic N) is 2. The Morgan fingerprint density at radius 2 is 2.00 bits per heavy atom. The molecule has 0 amide bonds. The number of aromatic nitrogens is 2. The van der Waals surface area contributed by atoms with Crippen LogP contribution in [0, 0.1) is 13.8 Å². The Balaban J connectivity index is 2.15. The quantitative estimate of drug-likeness (QED) is 0.836. The Bertz CT molecular complexity index is 534. The fourth-order valence-corrected chi connectivity index (χ4v) is 1.92. The molecule has 0 saturated carbocycles. The summed E-state index contributed by atoms with van der Waals surface area (Å²) in [5, 5.41) is 4.93. The molecule has 0 aliphatic heterocycles. The summed E-state index contributed by atoms with van der Waals surface area (Å²) in [6.45, 7) is 4.34. The number of para-hydroxylation sites is 1. The maximum absolute atomic E-state index is 6.16. The van der Waals surface area contributed by atoms with Crippen LogP contribution in [-0.2, 0) is 13.7 Å². The van der Waals surface area contributed by atoms with Crippen molar-refractivity contribution in [2.24, 2.45) is 7.05 Å². The highest BCUT2D eigenvalue weighted by Crippen LogP contribution is 2.23. The zero-order valence-electron chi connectivity index (χ0n) is 10.2. The molecule has 1 aromatic carbocycles. The van der Waals surface area contributed by atoms with Gasteiger partial charge in [-0.1, -0.05) is 29.8 Å². The first-order valence-corrected chi connectivity index (χ1v) is 5.84. The number of aryl methyl sites for hydroxylation is 3. The molecule has 2 aromatic rings. The lowest BCUT2D eigenvalue weighted by Crippen LogP contribution is -2.04. The van der Waals surface area contributed by atoms with E-state index >= 15 is 0 Å². The van der Waals surface area contributed by atoms with E-state index in [-0.39, 0.29) is 0 Å². The molecule has 1 aromatic heterocycles. The molecule has 17 heavy (non-hydrogen) atoms. The maximum Gasteiger partial charge on any atom is 0.131 e. The zero-order valence-corrected chi connectivity index (χ0v) is 11.0. The third-order valence-electron chi connectivity index (χ3n) is 2.72. The summed E-state index contributed by atoms with van der Waals surface area (Å²) in [6, 6.07) is 7.92. The van der Waals surface area contributed by atoms with E-state index in [1.807, 2.05) is 45.2 Å². The molecule has 4 heteroatoms. The first-order chi connectivity index (χ1) is 8.09. The lowest BCUT2D eigenvalue weighted by Gasteiger charge is -2.09. The average Bonchev–Trinajstić information content (AvgIpc) is 2.53. The summed E-state index contributed by atoms with van der Waals surface area (Å²) in [5.41, 5.74) is 2.84. The fourth-order valence-electron chi connectivity index (χ4n) is 1.70. The van der Waals surface area contributed by atoms with E-state index in [0.29, 0.717) is 11.6 Å². The minimum atomic E-state index is 0.432. The molecule has 3 nitrogen and oxygen atoms in total. The summed E-state index contributed by atoms with van der Waals surface area (Å²) in [7, 11) is 1.87. The van der Waals surface area contributed by atoms with E-state index in [2.05, 4.69) is 5.10 Å². The van der Waals surface area contributed by atoms with Gasteiger partial charge in [0.2, 0.25) is 0 Å². The van der Waals surface area contributed by atoms with Crippen molar-refractivity contribution in [3.63, 3.8) is 0 Å². The van der Waals surface area contributed by atoms with Gasteiger partial charge in [0.15, 0.2) is 0 Å². The predicted molar refractivity (Wildman–Crippen MR) is 68.5 cm³/mol. The van der Waals surface area contributed by atoms with E-state index in [1.54, 1.807) is 4.68 Å². The van der Waals surface area contributed by atoms with Gasteiger partial charge in [0.05, 0.1) is 16.4 Å². The molecule has 0 aliphatic carbocycles.